The number of hydrogen-bond acceptors (Lipinski definition) is 3. The normalized spacial score (nSPS) is 10.4. The summed E-state index contributed by atoms with van der Waals surface area (Å²) >= 11 is 0. The van der Waals surface area contributed by atoms with E-state index in [1.54, 1.807) is 18.2 Å². The molecule has 0 saturated heterocycles. The number of amides is 1. The Morgan fingerprint density at radius 2 is 2.05 bits per heavy atom. The van der Waals surface area contributed by atoms with Crippen molar-refractivity contribution in [1.29, 1.82) is 0 Å². The minimum atomic E-state index is -0.461. The largest absolute Gasteiger partial charge is 0.491 e. The van der Waals surface area contributed by atoms with Crippen molar-refractivity contribution in [2.24, 2.45) is 5.92 Å². The van der Waals surface area contributed by atoms with Crippen LogP contribution in [0.2, 0.25) is 0 Å². The lowest BCUT2D eigenvalue weighted by Crippen LogP contribution is -2.21. The Morgan fingerprint density at radius 3 is 2.76 bits per heavy atom. The van der Waals surface area contributed by atoms with Gasteiger partial charge in [-0.25, -0.2) is 0 Å². The van der Waals surface area contributed by atoms with Crippen LogP contribution in [0.15, 0.2) is 47.5 Å². The maximum Gasteiger partial charge on any atom is 0.261 e. The molecule has 2 aromatic rings. The van der Waals surface area contributed by atoms with Crippen LogP contribution in [0.5, 0.6) is 5.75 Å². The molecule has 0 unspecified atom stereocenters. The summed E-state index contributed by atoms with van der Waals surface area (Å²) < 4.78 is 5.66. The monoisotopic (exact) mass is 286 g/mol. The van der Waals surface area contributed by atoms with Gasteiger partial charge in [0, 0.05) is 18.5 Å². The number of pyridine rings is 1. The lowest BCUT2D eigenvalue weighted by molar-refractivity contribution is 0.102. The topological polar surface area (TPSA) is 71.2 Å². The highest BCUT2D eigenvalue weighted by Gasteiger charge is 2.12. The van der Waals surface area contributed by atoms with Crippen LogP contribution in [-0.2, 0) is 0 Å². The summed E-state index contributed by atoms with van der Waals surface area (Å²) in [5, 5.41) is 2.71. The standard InChI is InChI=1S/C16H18N2O3/c1-11(2)10-21-15-6-4-3-5-13(15)18-16(20)12-9-17-8-7-14(12)19/h3-9,11H,10H2,1-2H3,(H,17,19)(H,18,20). The van der Waals surface area contributed by atoms with E-state index in [-0.39, 0.29) is 11.0 Å². The van der Waals surface area contributed by atoms with E-state index in [4.69, 9.17) is 4.74 Å². The minimum absolute atomic E-state index is 0.0659. The van der Waals surface area contributed by atoms with Crippen molar-refractivity contribution < 1.29 is 9.53 Å². The predicted octanol–water partition coefficient (Wildman–Crippen LogP) is 2.66. The molecule has 5 heteroatoms. The summed E-state index contributed by atoms with van der Waals surface area (Å²) in [6, 6.07) is 8.47. The van der Waals surface area contributed by atoms with Crippen molar-refractivity contribution >= 4 is 11.6 Å². The number of para-hydroxylation sites is 2. The molecule has 1 amide bonds. The smallest absolute Gasteiger partial charge is 0.261 e. The van der Waals surface area contributed by atoms with Crippen molar-refractivity contribution in [2.75, 3.05) is 11.9 Å². The predicted molar refractivity (Wildman–Crippen MR) is 81.8 cm³/mol. The van der Waals surface area contributed by atoms with Crippen molar-refractivity contribution in [1.82, 2.24) is 4.98 Å². The molecule has 0 fully saturated rings. The molecule has 2 rings (SSSR count). The summed E-state index contributed by atoms with van der Waals surface area (Å²) in [5.74, 6) is 0.509. The van der Waals surface area contributed by atoms with Crippen molar-refractivity contribution in [3.8, 4) is 5.75 Å². The molecule has 1 aromatic heterocycles. The molecule has 110 valence electrons. The quantitative estimate of drug-likeness (QED) is 0.887. The highest BCUT2D eigenvalue weighted by Crippen LogP contribution is 2.24. The van der Waals surface area contributed by atoms with Gasteiger partial charge in [-0.3, -0.25) is 9.59 Å². The number of nitrogens with one attached hydrogen (secondary N) is 2. The number of aromatic nitrogens is 1. The second-order valence-corrected chi connectivity index (χ2v) is 5.08. The van der Waals surface area contributed by atoms with Crippen LogP contribution >= 0.6 is 0 Å². The molecular weight excluding hydrogens is 268 g/mol. The Kier molecular flexibility index (Phi) is 4.77. The zero-order valence-corrected chi connectivity index (χ0v) is 12.1. The van der Waals surface area contributed by atoms with Gasteiger partial charge in [-0.2, -0.15) is 0 Å². The average molecular weight is 286 g/mol. The number of ether oxygens (including phenoxy) is 1. The Morgan fingerprint density at radius 1 is 1.29 bits per heavy atom. The molecule has 0 aliphatic heterocycles. The van der Waals surface area contributed by atoms with Crippen molar-refractivity contribution in [2.45, 2.75) is 13.8 Å². The molecule has 0 atom stereocenters. The molecule has 2 N–H and O–H groups in total. The van der Waals surface area contributed by atoms with E-state index in [0.29, 0.717) is 24.0 Å². The number of hydrogen-bond donors (Lipinski definition) is 2. The average Bonchev–Trinajstić information content (AvgIpc) is 2.46. The fourth-order valence-electron chi connectivity index (χ4n) is 1.74. The first-order chi connectivity index (χ1) is 10.1. The van der Waals surface area contributed by atoms with Crippen LogP contribution in [0.25, 0.3) is 0 Å². The fraction of sp³-hybridized carbons (Fsp3) is 0.250. The second kappa shape index (κ2) is 6.74. The molecule has 0 saturated carbocycles. The van der Waals surface area contributed by atoms with E-state index in [1.165, 1.54) is 18.5 Å². The first-order valence-electron chi connectivity index (χ1n) is 6.78. The van der Waals surface area contributed by atoms with Crippen LogP contribution in [0.4, 0.5) is 5.69 Å². The summed E-state index contributed by atoms with van der Waals surface area (Å²) in [5.41, 5.74) is 0.286. The van der Waals surface area contributed by atoms with Gasteiger partial charge in [0.15, 0.2) is 5.43 Å². The van der Waals surface area contributed by atoms with E-state index in [0.717, 1.165) is 0 Å². The molecule has 21 heavy (non-hydrogen) atoms. The van der Waals surface area contributed by atoms with Crippen LogP contribution in [0.1, 0.15) is 24.2 Å². The summed E-state index contributed by atoms with van der Waals surface area (Å²) in [6.45, 7) is 4.65. The number of aromatic amines is 1. The minimum Gasteiger partial charge on any atom is -0.491 e. The van der Waals surface area contributed by atoms with Gasteiger partial charge in [0.1, 0.15) is 11.3 Å². The van der Waals surface area contributed by atoms with Crippen LogP contribution in [0.3, 0.4) is 0 Å². The number of carbonyl (C=O) groups excluding carboxylic acids is 1. The zero-order valence-electron chi connectivity index (χ0n) is 12.1. The SMILES string of the molecule is CC(C)COc1ccccc1NC(=O)c1c[nH]ccc1=O. The van der Waals surface area contributed by atoms with Gasteiger partial charge < -0.3 is 15.0 Å². The number of benzene rings is 1. The summed E-state index contributed by atoms with van der Waals surface area (Å²) in [6.07, 6.45) is 2.87. The van der Waals surface area contributed by atoms with E-state index in [2.05, 4.69) is 10.3 Å². The third-order valence-corrected chi connectivity index (χ3v) is 2.78. The third kappa shape index (κ3) is 3.95. The van der Waals surface area contributed by atoms with Gasteiger partial charge in [0.05, 0.1) is 12.3 Å². The van der Waals surface area contributed by atoms with Gasteiger partial charge in [-0.1, -0.05) is 26.0 Å². The lowest BCUT2D eigenvalue weighted by atomic mass is 10.2. The van der Waals surface area contributed by atoms with Crippen LogP contribution in [0, 0.1) is 5.92 Å². The molecular formula is C16H18N2O3. The van der Waals surface area contributed by atoms with Gasteiger partial charge in [0.2, 0.25) is 0 Å². The maximum absolute atomic E-state index is 12.1. The van der Waals surface area contributed by atoms with Gasteiger partial charge in [-0.15, -0.1) is 0 Å². The number of carbonyl (C=O) groups is 1. The third-order valence-electron chi connectivity index (χ3n) is 2.78. The molecule has 0 aliphatic carbocycles. The highest BCUT2D eigenvalue weighted by molar-refractivity contribution is 6.04. The van der Waals surface area contributed by atoms with Gasteiger partial charge >= 0.3 is 0 Å². The lowest BCUT2D eigenvalue weighted by Gasteiger charge is -2.13. The molecule has 0 radical (unpaired) electrons. The Hall–Kier alpha value is -2.56. The Labute approximate surface area is 123 Å². The molecule has 0 aliphatic rings. The first-order valence-corrected chi connectivity index (χ1v) is 6.78. The molecule has 1 aromatic carbocycles. The van der Waals surface area contributed by atoms with Gasteiger partial charge in [0.25, 0.3) is 5.91 Å². The summed E-state index contributed by atoms with van der Waals surface area (Å²) in [7, 11) is 0. The molecule has 0 bridgehead atoms. The maximum atomic E-state index is 12.1. The van der Waals surface area contributed by atoms with Crippen molar-refractivity contribution in [3.05, 3.63) is 58.5 Å². The molecule has 0 spiro atoms. The number of H-pyrrole nitrogens is 1. The fourth-order valence-corrected chi connectivity index (χ4v) is 1.74. The summed E-state index contributed by atoms with van der Waals surface area (Å²) in [4.78, 5) is 26.5. The van der Waals surface area contributed by atoms with E-state index in [1.807, 2.05) is 19.9 Å². The first kappa shape index (κ1) is 14.8. The zero-order chi connectivity index (χ0) is 15.2. The number of anilines is 1. The molecule has 5 nitrogen and oxygen atoms in total. The number of rotatable bonds is 5. The Balaban J connectivity index is 2.18. The van der Waals surface area contributed by atoms with E-state index < -0.39 is 5.91 Å². The second-order valence-electron chi connectivity index (χ2n) is 5.08. The Bertz CT molecular complexity index is 677. The van der Waals surface area contributed by atoms with Crippen molar-refractivity contribution in [3.63, 3.8) is 0 Å². The van der Waals surface area contributed by atoms with Crippen LogP contribution in [-0.4, -0.2) is 17.5 Å². The van der Waals surface area contributed by atoms with E-state index >= 15 is 0 Å². The van der Waals surface area contributed by atoms with Crippen LogP contribution < -0.4 is 15.5 Å². The van der Waals surface area contributed by atoms with E-state index in [9.17, 15) is 9.59 Å². The molecule has 1 heterocycles. The highest BCUT2D eigenvalue weighted by atomic mass is 16.5. The van der Waals surface area contributed by atoms with Gasteiger partial charge in [-0.05, 0) is 18.1 Å².